The second-order valence-electron chi connectivity index (χ2n) is 5.22. The molecule has 0 saturated carbocycles. The van der Waals surface area contributed by atoms with E-state index in [0.717, 1.165) is 24.5 Å². The summed E-state index contributed by atoms with van der Waals surface area (Å²) in [6.45, 7) is 6.27. The minimum absolute atomic E-state index is 0.595. The molecular formula is C14H21NO3. The van der Waals surface area contributed by atoms with Crippen LogP contribution in [0.2, 0.25) is 0 Å². The van der Waals surface area contributed by atoms with Gasteiger partial charge in [0.15, 0.2) is 11.5 Å². The Morgan fingerprint density at radius 2 is 1.94 bits per heavy atom. The summed E-state index contributed by atoms with van der Waals surface area (Å²) in [6, 6.07) is 6.04. The third-order valence-electron chi connectivity index (χ3n) is 2.75. The molecule has 4 nitrogen and oxygen atoms in total. The topological polar surface area (TPSA) is 50.7 Å². The maximum absolute atomic E-state index is 9.57. The van der Waals surface area contributed by atoms with Gasteiger partial charge in [0.25, 0.3) is 0 Å². The first-order valence-electron chi connectivity index (χ1n) is 6.36. The minimum Gasteiger partial charge on any atom is -0.486 e. The second kappa shape index (κ2) is 5.59. The normalized spacial score (nSPS) is 14.6. The van der Waals surface area contributed by atoms with Crippen LogP contribution >= 0.6 is 0 Å². The van der Waals surface area contributed by atoms with Crippen molar-refractivity contribution in [2.75, 3.05) is 26.3 Å². The number of benzene rings is 1. The molecular weight excluding hydrogens is 230 g/mol. The third kappa shape index (κ3) is 3.89. The van der Waals surface area contributed by atoms with Gasteiger partial charge < -0.3 is 19.9 Å². The molecule has 0 spiro atoms. The van der Waals surface area contributed by atoms with Crippen LogP contribution in [0.4, 0.5) is 0 Å². The molecule has 0 aliphatic carbocycles. The minimum atomic E-state index is -0.660. The van der Waals surface area contributed by atoms with Crippen LogP contribution in [-0.2, 0) is 6.42 Å². The van der Waals surface area contributed by atoms with Gasteiger partial charge in [-0.2, -0.15) is 0 Å². The van der Waals surface area contributed by atoms with Crippen molar-refractivity contribution in [2.24, 2.45) is 0 Å². The van der Waals surface area contributed by atoms with Gasteiger partial charge in [-0.25, -0.2) is 0 Å². The van der Waals surface area contributed by atoms with Gasteiger partial charge in [-0.3, -0.25) is 0 Å². The maximum Gasteiger partial charge on any atom is 0.161 e. The average Bonchev–Trinajstić information content (AvgIpc) is 2.33. The monoisotopic (exact) mass is 251 g/mol. The molecule has 0 unspecified atom stereocenters. The third-order valence-corrected chi connectivity index (χ3v) is 2.75. The molecule has 100 valence electrons. The lowest BCUT2D eigenvalue weighted by molar-refractivity contribution is 0.0801. The van der Waals surface area contributed by atoms with Gasteiger partial charge in [0.05, 0.1) is 5.60 Å². The molecule has 0 bridgehead atoms. The molecule has 0 radical (unpaired) electrons. The summed E-state index contributed by atoms with van der Waals surface area (Å²) in [5.74, 6) is 1.66. The van der Waals surface area contributed by atoms with E-state index in [1.807, 2.05) is 12.1 Å². The Bertz CT molecular complexity index is 399. The summed E-state index contributed by atoms with van der Waals surface area (Å²) in [5.41, 5.74) is 0.551. The lowest BCUT2D eigenvalue weighted by Gasteiger charge is -2.19. The number of fused-ring (bicyclic) bond motifs is 1. The van der Waals surface area contributed by atoms with Gasteiger partial charge >= 0.3 is 0 Å². The van der Waals surface area contributed by atoms with Gasteiger partial charge in [0.1, 0.15) is 13.2 Å². The van der Waals surface area contributed by atoms with Crippen LogP contribution < -0.4 is 14.8 Å². The Kier molecular flexibility index (Phi) is 4.09. The Balaban J connectivity index is 1.83. The van der Waals surface area contributed by atoms with Crippen LogP contribution in [0.5, 0.6) is 11.5 Å². The summed E-state index contributed by atoms with van der Waals surface area (Å²) >= 11 is 0. The molecule has 1 aliphatic heterocycles. The predicted molar refractivity (Wildman–Crippen MR) is 70.3 cm³/mol. The standard InChI is InChI=1S/C14H21NO3/c1-14(2,16)10-15-6-5-11-3-4-12-13(9-11)18-8-7-17-12/h3-4,9,15-16H,5-8,10H2,1-2H3. The van der Waals surface area contributed by atoms with Crippen molar-refractivity contribution < 1.29 is 14.6 Å². The van der Waals surface area contributed by atoms with Crippen molar-refractivity contribution in [1.82, 2.24) is 5.32 Å². The first-order chi connectivity index (χ1) is 8.54. The van der Waals surface area contributed by atoms with Crippen LogP contribution in [-0.4, -0.2) is 37.0 Å². The summed E-state index contributed by atoms with van der Waals surface area (Å²) in [7, 11) is 0. The highest BCUT2D eigenvalue weighted by molar-refractivity contribution is 5.43. The van der Waals surface area contributed by atoms with Gasteiger partial charge in [-0.15, -0.1) is 0 Å². The van der Waals surface area contributed by atoms with Crippen molar-refractivity contribution in [3.63, 3.8) is 0 Å². The number of hydrogen-bond donors (Lipinski definition) is 2. The summed E-state index contributed by atoms with van der Waals surface area (Å²) in [4.78, 5) is 0. The van der Waals surface area contributed by atoms with E-state index in [9.17, 15) is 5.11 Å². The van der Waals surface area contributed by atoms with Crippen molar-refractivity contribution >= 4 is 0 Å². The quantitative estimate of drug-likeness (QED) is 0.776. The lowest BCUT2D eigenvalue weighted by Crippen LogP contribution is -2.35. The van der Waals surface area contributed by atoms with E-state index in [1.165, 1.54) is 5.56 Å². The van der Waals surface area contributed by atoms with E-state index in [2.05, 4.69) is 11.4 Å². The van der Waals surface area contributed by atoms with E-state index < -0.39 is 5.60 Å². The van der Waals surface area contributed by atoms with E-state index >= 15 is 0 Å². The van der Waals surface area contributed by atoms with E-state index in [1.54, 1.807) is 13.8 Å². The average molecular weight is 251 g/mol. The van der Waals surface area contributed by atoms with Crippen LogP contribution in [0, 0.1) is 0 Å². The van der Waals surface area contributed by atoms with Crippen molar-refractivity contribution in [3.05, 3.63) is 23.8 Å². The zero-order chi connectivity index (χ0) is 13.0. The molecule has 0 fully saturated rings. The van der Waals surface area contributed by atoms with Crippen LogP contribution in [0.15, 0.2) is 18.2 Å². The van der Waals surface area contributed by atoms with Gasteiger partial charge in [0, 0.05) is 6.54 Å². The van der Waals surface area contributed by atoms with Crippen LogP contribution in [0.25, 0.3) is 0 Å². The summed E-state index contributed by atoms with van der Waals surface area (Å²) in [5, 5.41) is 12.8. The van der Waals surface area contributed by atoms with Crippen molar-refractivity contribution in [1.29, 1.82) is 0 Å². The Hall–Kier alpha value is -1.26. The summed E-state index contributed by atoms with van der Waals surface area (Å²) < 4.78 is 11.0. The SMILES string of the molecule is CC(C)(O)CNCCc1ccc2c(c1)OCCO2. The molecule has 18 heavy (non-hydrogen) atoms. The number of rotatable bonds is 5. The highest BCUT2D eigenvalue weighted by Crippen LogP contribution is 2.30. The first kappa shape index (κ1) is 13.2. The highest BCUT2D eigenvalue weighted by Gasteiger charge is 2.12. The molecule has 1 aromatic rings. The number of ether oxygens (including phenoxy) is 2. The van der Waals surface area contributed by atoms with E-state index in [4.69, 9.17) is 9.47 Å². The zero-order valence-corrected chi connectivity index (χ0v) is 11.0. The molecule has 2 rings (SSSR count). The molecule has 1 heterocycles. The molecule has 2 N–H and O–H groups in total. The molecule has 4 heteroatoms. The lowest BCUT2D eigenvalue weighted by atomic mass is 10.1. The highest BCUT2D eigenvalue weighted by atomic mass is 16.6. The first-order valence-corrected chi connectivity index (χ1v) is 6.36. The van der Waals surface area contributed by atoms with E-state index in [0.29, 0.717) is 19.8 Å². The summed E-state index contributed by atoms with van der Waals surface area (Å²) in [6.07, 6.45) is 0.909. The largest absolute Gasteiger partial charge is 0.486 e. The van der Waals surface area contributed by atoms with Gasteiger partial charge in [0.2, 0.25) is 0 Å². The van der Waals surface area contributed by atoms with Crippen molar-refractivity contribution in [2.45, 2.75) is 25.9 Å². The Morgan fingerprint density at radius 3 is 2.67 bits per heavy atom. The van der Waals surface area contributed by atoms with Gasteiger partial charge in [-0.1, -0.05) is 6.07 Å². The fraction of sp³-hybridized carbons (Fsp3) is 0.571. The molecule has 0 atom stereocenters. The number of nitrogens with one attached hydrogen (secondary N) is 1. The second-order valence-corrected chi connectivity index (χ2v) is 5.22. The molecule has 0 saturated heterocycles. The molecule has 1 aliphatic rings. The zero-order valence-electron chi connectivity index (χ0n) is 11.0. The molecule has 0 amide bonds. The predicted octanol–water partition coefficient (Wildman–Crippen LogP) is 1.36. The maximum atomic E-state index is 9.57. The smallest absolute Gasteiger partial charge is 0.161 e. The van der Waals surface area contributed by atoms with Crippen LogP contribution in [0.1, 0.15) is 19.4 Å². The fourth-order valence-electron chi connectivity index (χ4n) is 1.87. The molecule has 1 aromatic carbocycles. The van der Waals surface area contributed by atoms with Crippen LogP contribution in [0.3, 0.4) is 0 Å². The van der Waals surface area contributed by atoms with Crippen molar-refractivity contribution in [3.8, 4) is 11.5 Å². The Morgan fingerprint density at radius 1 is 1.22 bits per heavy atom. The number of hydrogen-bond acceptors (Lipinski definition) is 4. The van der Waals surface area contributed by atoms with Gasteiger partial charge in [-0.05, 0) is 44.5 Å². The number of aliphatic hydroxyl groups is 1. The Labute approximate surface area is 108 Å². The van der Waals surface area contributed by atoms with E-state index in [-0.39, 0.29) is 0 Å². The fourth-order valence-corrected chi connectivity index (χ4v) is 1.87. The molecule has 0 aromatic heterocycles.